The molecule has 1 atom stereocenters. The van der Waals surface area contributed by atoms with E-state index in [-0.39, 0.29) is 28.8 Å². The fourth-order valence-corrected chi connectivity index (χ4v) is 4.81. The van der Waals surface area contributed by atoms with Crippen molar-refractivity contribution in [2.24, 2.45) is 0 Å². The first-order valence-electron chi connectivity index (χ1n) is 13.7. The van der Waals surface area contributed by atoms with Gasteiger partial charge in [-0.2, -0.15) is 0 Å². The minimum Gasteiger partial charge on any atom is -0.496 e. The van der Waals surface area contributed by atoms with Gasteiger partial charge in [-0.05, 0) is 64.1 Å². The summed E-state index contributed by atoms with van der Waals surface area (Å²) in [7, 11) is 1.56. The fourth-order valence-electron chi connectivity index (χ4n) is 4.81. The van der Waals surface area contributed by atoms with E-state index >= 15 is 0 Å². The monoisotopic (exact) mass is 586 g/mol. The number of anilines is 2. The van der Waals surface area contributed by atoms with E-state index in [1.807, 2.05) is 39.0 Å². The summed E-state index contributed by atoms with van der Waals surface area (Å²) in [6.45, 7) is 10.1. The third-order valence-corrected chi connectivity index (χ3v) is 6.90. The highest BCUT2D eigenvalue weighted by Crippen LogP contribution is 2.39. The molecule has 42 heavy (non-hydrogen) atoms. The molecule has 1 amide bonds. The number of nitrogens with two attached hydrogens (primary N) is 1. The van der Waals surface area contributed by atoms with Crippen molar-refractivity contribution in [3.8, 4) is 22.6 Å². The smallest absolute Gasteiger partial charge is 0.410 e. The lowest BCUT2D eigenvalue weighted by atomic mass is 9.98. The summed E-state index contributed by atoms with van der Waals surface area (Å²) < 4.78 is 59.6. The Balaban J connectivity index is 1.53. The first-order chi connectivity index (χ1) is 19.7. The van der Waals surface area contributed by atoms with Crippen molar-refractivity contribution in [2.75, 3.05) is 43.9 Å². The van der Waals surface area contributed by atoms with E-state index in [1.165, 1.54) is 0 Å². The maximum atomic E-state index is 14.2. The van der Waals surface area contributed by atoms with E-state index in [0.29, 0.717) is 43.1 Å². The molecule has 1 unspecified atom stereocenters. The molecule has 3 aromatic rings. The highest BCUT2D eigenvalue weighted by atomic mass is 19.3. The molecule has 0 spiro atoms. The molecule has 2 N–H and O–H groups in total. The number of halogens is 3. The molecule has 0 radical (unpaired) electrons. The lowest BCUT2D eigenvalue weighted by Gasteiger charge is -2.37. The number of nitrogen functional groups attached to an aromatic ring is 1. The van der Waals surface area contributed by atoms with Gasteiger partial charge in [-0.25, -0.2) is 22.9 Å². The van der Waals surface area contributed by atoms with Crippen LogP contribution in [0, 0.1) is 5.82 Å². The number of carbonyl (C=O) groups is 1. The number of aromatic nitrogens is 1. The van der Waals surface area contributed by atoms with Crippen LogP contribution in [0.15, 0.2) is 48.7 Å². The van der Waals surface area contributed by atoms with Crippen molar-refractivity contribution >= 4 is 17.6 Å². The summed E-state index contributed by atoms with van der Waals surface area (Å²) in [5, 5.41) is 0. The maximum absolute atomic E-state index is 14.2. The average molecular weight is 587 g/mol. The van der Waals surface area contributed by atoms with Crippen LogP contribution in [-0.2, 0) is 10.7 Å². The third-order valence-electron chi connectivity index (χ3n) is 6.90. The molecule has 2 heterocycles. The number of pyridine rings is 1. The summed E-state index contributed by atoms with van der Waals surface area (Å²) in [5.41, 5.74) is 7.47. The van der Waals surface area contributed by atoms with Gasteiger partial charge in [0, 0.05) is 73.3 Å². The van der Waals surface area contributed by atoms with Crippen molar-refractivity contribution in [1.29, 1.82) is 0 Å². The molecule has 0 saturated carbocycles. The summed E-state index contributed by atoms with van der Waals surface area (Å²) in [5.74, 6) is -3.04. The SMILES string of the molecule is COc1cc(N2CCN(C(=O)OC(C)(C)C)CC2)ccc1-c1cnc(N)c(OC(C)c2cc(F)ccc2C(C)(F)F)c1. The van der Waals surface area contributed by atoms with Crippen LogP contribution in [0.4, 0.5) is 29.5 Å². The number of methoxy groups -OCH3 is 1. The molecule has 11 heteroatoms. The molecule has 4 rings (SSSR count). The molecule has 1 aliphatic heterocycles. The van der Waals surface area contributed by atoms with Crippen LogP contribution in [0.25, 0.3) is 11.1 Å². The maximum Gasteiger partial charge on any atom is 0.410 e. The van der Waals surface area contributed by atoms with E-state index < -0.39 is 23.4 Å². The Morgan fingerprint density at radius 2 is 1.69 bits per heavy atom. The number of carbonyl (C=O) groups excluding carboxylic acids is 1. The molecular formula is C31H37F3N4O4. The molecule has 1 aromatic heterocycles. The second kappa shape index (κ2) is 12.0. The second-order valence-electron chi connectivity index (χ2n) is 11.3. The Hall–Kier alpha value is -4.15. The number of hydrogen-bond donors (Lipinski definition) is 1. The quantitative estimate of drug-likeness (QED) is 0.326. The van der Waals surface area contributed by atoms with Crippen LogP contribution < -0.4 is 20.1 Å². The van der Waals surface area contributed by atoms with Crippen molar-refractivity contribution in [3.05, 3.63) is 65.6 Å². The number of benzene rings is 2. The Kier molecular flexibility index (Phi) is 8.79. The molecule has 2 aromatic carbocycles. The molecule has 0 bridgehead atoms. The highest BCUT2D eigenvalue weighted by Gasteiger charge is 2.31. The Morgan fingerprint density at radius 1 is 1.00 bits per heavy atom. The number of rotatable bonds is 7. The Morgan fingerprint density at radius 3 is 2.31 bits per heavy atom. The van der Waals surface area contributed by atoms with Gasteiger partial charge in [0.2, 0.25) is 0 Å². The number of hydrogen-bond acceptors (Lipinski definition) is 7. The van der Waals surface area contributed by atoms with E-state index in [1.54, 1.807) is 31.2 Å². The fraction of sp³-hybridized carbons (Fsp3) is 0.419. The molecule has 1 fully saturated rings. The van der Waals surface area contributed by atoms with E-state index in [2.05, 4.69) is 9.88 Å². The third kappa shape index (κ3) is 7.18. The largest absolute Gasteiger partial charge is 0.496 e. The molecule has 1 aliphatic rings. The van der Waals surface area contributed by atoms with Crippen molar-refractivity contribution < 1.29 is 32.2 Å². The lowest BCUT2D eigenvalue weighted by molar-refractivity contribution is 0.0144. The Labute approximate surface area is 244 Å². The minimum atomic E-state index is -3.19. The molecule has 1 saturated heterocycles. The predicted octanol–water partition coefficient (Wildman–Crippen LogP) is 6.79. The predicted molar refractivity (Wildman–Crippen MR) is 156 cm³/mol. The van der Waals surface area contributed by atoms with Gasteiger partial charge in [0.25, 0.3) is 5.92 Å². The van der Waals surface area contributed by atoms with Gasteiger partial charge in [0.1, 0.15) is 23.3 Å². The van der Waals surface area contributed by atoms with E-state index in [4.69, 9.17) is 19.9 Å². The van der Waals surface area contributed by atoms with Crippen LogP contribution in [0.1, 0.15) is 51.8 Å². The van der Waals surface area contributed by atoms with Gasteiger partial charge in [-0.3, -0.25) is 0 Å². The zero-order valence-electron chi connectivity index (χ0n) is 24.7. The highest BCUT2D eigenvalue weighted by molar-refractivity contribution is 5.75. The number of nitrogens with zero attached hydrogens (tertiary/aromatic N) is 3. The van der Waals surface area contributed by atoms with Gasteiger partial charge in [-0.15, -0.1) is 0 Å². The van der Waals surface area contributed by atoms with Crippen LogP contribution in [-0.4, -0.2) is 54.9 Å². The summed E-state index contributed by atoms with van der Waals surface area (Å²) >= 11 is 0. The average Bonchev–Trinajstić information content (AvgIpc) is 2.92. The zero-order chi connectivity index (χ0) is 30.8. The van der Waals surface area contributed by atoms with Gasteiger partial charge < -0.3 is 29.7 Å². The number of alkyl halides is 2. The normalized spacial score (nSPS) is 14.9. The van der Waals surface area contributed by atoms with Crippen molar-refractivity contribution in [1.82, 2.24) is 9.88 Å². The van der Waals surface area contributed by atoms with E-state index in [0.717, 1.165) is 30.8 Å². The summed E-state index contributed by atoms with van der Waals surface area (Å²) in [6.07, 6.45) is 0.303. The van der Waals surface area contributed by atoms with Crippen LogP contribution in [0.3, 0.4) is 0 Å². The van der Waals surface area contributed by atoms with Gasteiger partial charge in [0.05, 0.1) is 7.11 Å². The summed E-state index contributed by atoms with van der Waals surface area (Å²) in [4.78, 5) is 20.5. The van der Waals surface area contributed by atoms with Gasteiger partial charge >= 0.3 is 6.09 Å². The first-order valence-corrected chi connectivity index (χ1v) is 13.7. The Bertz CT molecular complexity index is 1430. The zero-order valence-corrected chi connectivity index (χ0v) is 24.7. The molecular weight excluding hydrogens is 549 g/mol. The van der Waals surface area contributed by atoms with Gasteiger partial charge in [-0.1, -0.05) is 0 Å². The second-order valence-corrected chi connectivity index (χ2v) is 11.3. The van der Waals surface area contributed by atoms with Crippen molar-refractivity contribution in [3.63, 3.8) is 0 Å². The molecule has 226 valence electrons. The number of amides is 1. The van der Waals surface area contributed by atoms with Crippen molar-refractivity contribution in [2.45, 2.75) is 52.2 Å². The molecule has 0 aliphatic carbocycles. The topological polar surface area (TPSA) is 90.2 Å². The van der Waals surface area contributed by atoms with Crippen LogP contribution in [0.5, 0.6) is 11.5 Å². The number of ether oxygens (including phenoxy) is 3. The lowest BCUT2D eigenvalue weighted by Crippen LogP contribution is -2.50. The minimum absolute atomic E-state index is 0.0148. The van der Waals surface area contributed by atoms with Gasteiger partial charge in [0.15, 0.2) is 11.6 Å². The summed E-state index contributed by atoms with van der Waals surface area (Å²) in [6, 6.07) is 10.5. The molecule has 8 nitrogen and oxygen atoms in total. The standard InChI is InChI=1S/C31H37F3N4O4/c1-19(24-16-21(32)7-10-25(24)31(5,33)34)41-27-15-20(18-36-28(27)35)23-9-8-22(17-26(23)40-6)37-11-13-38(14-12-37)29(39)42-30(2,3)4/h7-10,15-19H,11-14H2,1-6H3,(H2,35,36). The van der Waals surface area contributed by atoms with E-state index in [9.17, 15) is 18.0 Å². The van der Waals surface area contributed by atoms with Crippen LogP contribution in [0.2, 0.25) is 0 Å². The van der Waals surface area contributed by atoms with Crippen LogP contribution >= 0.6 is 0 Å². The first kappa shape index (κ1) is 30.8. The number of piperazine rings is 1.